The Morgan fingerprint density at radius 3 is 2.43 bits per heavy atom. The molecule has 2 rings (SSSR count). The molecule has 1 aromatic rings. The molecule has 0 bridgehead atoms. The SMILES string of the molecule is COC(=O)c1cc(=O)n2c(c1C(=O)OC)C(=O)NCC2C. The van der Waals surface area contributed by atoms with Crippen LogP contribution < -0.4 is 10.9 Å². The molecule has 1 aliphatic heterocycles. The van der Waals surface area contributed by atoms with Crippen LogP contribution in [0.2, 0.25) is 0 Å². The minimum absolute atomic E-state index is 0.187. The molecule has 1 aliphatic rings. The first-order valence-corrected chi connectivity index (χ1v) is 6.16. The van der Waals surface area contributed by atoms with E-state index in [0.717, 1.165) is 20.3 Å². The highest BCUT2D eigenvalue weighted by atomic mass is 16.5. The molecule has 0 fully saturated rings. The van der Waals surface area contributed by atoms with Gasteiger partial charge in [0.15, 0.2) is 0 Å². The average Bonchev–Trinajstić information content (AvgIpc) is 2.48. The summed E-state index contributed by atoms with van der Waals surface area (Å²) in [5, 5.41) is 2.56. The highest BCUT2D eigenvalue weighted by Crippen LogP contribution is 2.21. The molecular formula is C13H14N2O6. The Morgan fingerprint density at radius 2 is 1.86 bits per heavy atom. The maximum Gasteiger partial charge on any atom is 0.341 e. The van der Waals surface area contributed by atoms with Crippen molar-refractivity contribution in [3.63, 3.8) is 0 Å². The van der Waals surface area contributed by atoms with Gasteiger partial charge >= 0.3 is 11.9 Å². The predicted octanol–water partition coefficient (Wildman–Crippen LogP) is -0.274. The number of fused-ring (bicyclic) bond motifs is 1. The summed E-state index contributed by atoms with van der Waals surface area (Å²) < 4.78 is 10.4. The van der Waals surface area contributed by atoms with E-state index in [1.54, 1.807) is 6.92 Å². The van der Waals surface area contributed by atoms with E-state index in [-0.39, 0.29) is 29.4 Å². The van der Waals surface area contributed by atoms with E-state index in [0.29, 0.717) is 0 Å². The monoisotopic (exact) mass is 294 g/mol. The number of hydrogen-bond acceptors (Lipinski definition) is 6. The van der Waals surface area contributed by atoms with Gasteiger partial charge in [0.1, 0.15) is 11.3 Å². The number of carbonyl (C=O) groups excluding carboxylic acids is 3. The maximum absolute atomic E-state index is 12.1. The molecule has 1 unspecified atom stereocenters. The minimum Gasteiger partial charge on any atom is -0.465 e. The number of aromatic nitrogens is 1. The third kappa shape index (κ3) is 2.28. The van der Waals surface area contributed by atoms with E-state index < -0.39 is 23.4 Å². The summed E-state index contributed by atoms with van der Waals surface area (Å²) in [6.07, 6.45) is 0. The fraction of sp³-hybridized carbons (Fsp3) is 0.385. The lowest BCUT2D eigenvalue weighted by atomic mass is 10.0. The molecule has 0 spiro atoms. The smallest absolute Gasteiger partial charge is 0.341 e. The van der Waals surface area contributed by atoms with Crippen molar-refractivity contribution in [3.05, 3.63) is 33.2 Å². The van der Waals surface area contributed by atoms with E-state index >= 15 is 0 Å². The zero-order valence-corrected chi connectivity index (χ0v) is 11.8. The summed E-state index contributed by atoms with van der Waals surface area (Å²) in [7, 11) is 2.23. The Kier molecular flexibility index (Phi) is 3.79. The van der Waals surface area contributed by atoms with Gasteiger partial charge in [0.25, 0.3) is 11.5 Å². The molecule has 1 amide bonds. The molecule has 0 aliphatic carbocycles. The van der Waals surface area contributed by atoms with Crippen LogP contribution in [0, 0.1) is 0 Å². The summed E-state index contributed by atoms with van der Waals surface area (Å²) in [4.78, 5) is 47.9. The number of nitrogens with one attached hydrogen (secondary N) is 1. The van der Waals surface area contributed by atoms with Crippen molar-refractivity contribution < 1.29 is 23.9 Å². The van der Waals surface area contributed by atoms with Gasteiger partial charge in [-0.2, -0.15) is 0 Å². The van der Waals surface area contributed by atoms with Crippen molar-refractivity contribution in [1.29, 1.82) is 0 Å². The first-order valence-electron chi connectivity index (χ1n) is 6.16. The van der Waals surface area contributed by atoms with E-state index in [1.807, 2.05) is 0 Å². The van der Waals surface area contributed by atoms with Crippen molar-refractivity contribution in [2.75, 3.05) is 20.8 Å². The van der Waals surface area contributed by atoms with E-state index in [2.05, 4.69) is 14.8 Å². The van der Waals surface area contributed by atoms with Crippen molar-refractivity contribution in [2.45, 2.75) is 13.0 Å². The standard InChI is InChI=1S/C13H14N2O6/c1-6-5-14-11(17)10-9(13(19)21-3)7(12(18)20-2)4-8(16)15(6)10/h4,6H,5H2,1-3H3,(H,14,17). The lowest BCUT2D eigenvalue weighted by molar-refractivity contribution is 0.0549. The summed E-state index contributed by atoms with van der Waals surface area (Å²) >= 11 is 0. The Morgan fingerprint density at radius 1 is 1.24 bits per heavy atom. The number of hydrogen-bond donors (Lipinski definition) is 1. The maximum atomic E-state index is 12.1. The molecule has 8 heteroatoms. The molecule has 21 heavy (non-hydrogen) atoms. The zero-order chi connectivity index (χ0) is 15.7. The van der Waals surface area contributed by atoms with Crippen LogP contribution in [-0.2, 0) is 9.47 Å². The number of methoxy groups -OCH3 is 2. The molecule has 0 saturated carbocycles. The van der Waals surface area contributed by atoms with Crippen LogP contribution in [-0.4, -0.2) is 43.2 Å². The van der Waals surface area contributed by atoms with Gasteiger partial charge in [-0.15, -0.1) is 0 Å². The Labute approximate surface area is 119 Å². The second kappa shape index (κ2) is 5.39. The quantitative estimate of drug-likeness (QED) is 0.753. The molecule has 8 nitrogen and oxygen atoms in total. The highest BCUT2D eigenvalue weighted by Gasteiger charge is 2.33. The number of amides is 1. The van der Waals surface area contributed by atoms with E-state index in [4.69, 9.17) is 0 Å². The largest absolute Gasteiger partial charge is 0.465 e. The normalized spacial score (nSPS) is 16.7. The molecule has 1 atom stereocenters. The lowest BCUT2D eigenvalue weighted by Crippen LogP contribution is -2.45. The second-order valence-electron chi connectivity index (χ2n) is 4.53. The molecule has 0 saturated heterocycles. The zero-order valence-electron chi connectivity index (χ0n) is 11.8. The first-order chi connectivity index (χ1) is 9.92. The lowest BCUT2D eigenvalue weighted by Gasteiger charge is -2.27. The summed E-state index contributed by atoms with van der Waals surface area (Å²) in [5.74, 6) is -2.39. The van der Waals surface area contributed by atoms with Crippen LogP contribution >= 0.6 is 0 Å². The van der Waals surface area contributed by atoms with Crippen LogP contribution in [0.25, 0.3) is 0 Å². The van der Waals surface area contributed by atoms with Gasteiger partial charge in [0.05, 0.1) is 25.8 Å². The number of esters is 2. The summed E-state index contributed by atoms with van der Waals surface area (Å²) in [6.45, 7) is 1.97. The van der Waals surface area contributed by atoms with Crippen molar-refractivity contribution in [2.24, 2.45) is 0 Å². The van der Waals surface area contributed by atoms with Crippen LogP contribution in [0.3, 0.4) is 0 Å². The van der Waals surface area contributed by atoms with Gasteiger partial charge in [0.2, 0.25) is 0 Å². The molecule has 2 heterocycles. The Hall–Kier alpha value is -2.64. The fourth-order valence-electron chi connectivity index (χ4n) is 2.28. The van der Waals surface area contributed by atoms with Gasteiger partial charge in [0, 0.05) is 12.6 Å². The van der Waals surface area contributed by atoms with Gasteiger partial charge in [-0.1, -0.05) is 0 Å². The number of pyridine rings is 1. The average molecular weight is 294 g/mol. The number of rotatable bonds is 2. The van der Waals surface area contributed by atoms with Crippen molar-refractivity contribution in [1.82, 2.24) is 9.88 Å². The molecule has 1 aromatic heterocycles. The number of carbonyl (C=O) groups is 3. The van der Waals surface area contributed by atoms with Crippen LogP contribution in [0.15, 0.2) is 10.9 Å². The fourth-order valence-corrected chi connectivity index (χ4v) is 2.28. The topological polar surface area (TPSA) is 104 Å². The van der Waals surface area contributed by atoms with Gasteiger partial charge in [-0.05, 0) is 6.92 Å². The molecule has 0 aromatic carbocycles. The van der Waals surface area contributed by atoms with Gasteiger partial charge in [-0.3, -0.25) is 14.2 Å². The van der Waals surface area contributed by atoms with E-state index in [1.165, 1.54) is 4.57 Å². The Balaban J connectivity index is 2.89. The predicted molar refractivity (Wildman–Crippen MR) is 70.4 cm³/mol. The minimum atomic E-state index is -0.887. The van der Waals surface area contributed by atoms with Crippen LogP contribution in [0.4, 0.5) is 0 Å². The van der Waals surface area contributed by atoms with E-state index in [9.17, 15) is 19.2 Å². The number of ether oxygens (including phenoxy) is 2. The van der Waals surface area contributed by atoms with Gasteiger partial charge < -0.3 is 14.8 Å². The molecule has 1 N–H and O–H groups in total. The summed E-state index contributed by atoms with van der Waals surface area (Å²) in [6, 6.07) is 0.636. The van der Waals surface area contributed by atoms with Crippen LogP contribution in [0.1, 0.15) is 44.2 Å². The molecule has 0 radical (unpaired) electrons. The third-order valence-corrected chi connectivity index (χ3v) is 3.26. The number of nitrogens with zero attached hydrogens (tertiary/aromatic N) is 1. The third-order valence-electron chi connectivity index (χ3n) is 3.26. The van der Waals surface area contributed by atoms with Crippen molar-refractivity contribution in [3.8, 4) is 0 Å². The second-order valence-corrected chi connectivity index (χ2v) is 4.53. The first kappa shape index (κ1) is 14.8. The van der Waals surface area contributed by atoms with Crippen LogP contribution in [0.5, 0.6) is 0 Å². The van der Waals surface area contributed by atoms with Crippen molar-refractivity contribution >= 4 is 17.8 Å². The molecular weight excluding hydrogens is 280 g/mol. The molecule has 112 valence electrons. The summed E-state index contributed by atoms with van der Waals surface area (Å²) in [5.41, 5.74) is -1.30. The Bertz CT molecular complexity index is 691. The highest BCUT2D eigenvalue weighted by molar-refractivity contribution is 6.10. The van der Waals surface area contributed by atoms with Gasteiger partial charge in [-0.25, -0.2) is 9.59 Å².